The first kappa shape index (κ1) is 37.6. The van der Waals surface area contributed by atoms with Crippen molar-refractivity contribution in [1.29, 1.82) is 0 Å². The molecular formula is C32H59ClN2O6S. The second kappa shape index (κ2) is 20.5. The second-order valence-corrected chi connectivity index (χ2v) is 14.1. The van der Waals surface area contributed by atoms with E-state index in [1.165, 1.54) is 63.1 Å². The van der Waals surface area contributed by atoms with Crippen LogP contribution in [0.2, 0.25) is 0 Å². The van der Waals surface area contributed by atoms with Gasteiger partial charge in [0, 0.05) is 13.0 Å². The third-order valence-electron chi connectivity index (χ3n) is 8.86. The minimum absolute atomic E-state index is 0.153. The van der Waals surface area contributed by atoms with Crippen LogP contribution in [0.25, 0.3) is 0 Å². The Hall–Kier alpha value is -0.580. The van der Waals surface area contributed by atoms with Gasteiger partial charge in [0.1, 0.15) is 23.7 Å². The number of thioether (sulfide) groups is 1. The fraction of sp³-hybridized carbons (Fsp3) is 0.938. The van der Waals surface area contributed by atoms with Crippen molar-refractivity contribution in [3.63, 3.8) is 0 Å². The van der Waals surface area contributed by atoms with Crippen molar-refractivity contribution in [3.05, 3.63) is 0 Å². The molecule has 1 amide bonds. The fourth-order valence-corrected chi connectivity index (χ4v) is 7.30. The number of unbranched alkanes of at least 4 members (excludes halogenated alkanes) is 10. The number of nitrogens with zero attached hydrogens (tertiary/aromatic N) is 1. The number of aliphatic hydroxyl groups excluding tert-OH is 2. The number of halogens is 1. The van der Waals surface area contributed by atoms with E-state index >= 15 is 0 Å². The molecule has 10 heteroatoms. The summed E-state index contributed by atoms with van der Waals surface area (Å²) in [5.74, 6) is -0.0766. The number of rotatable bonds is 20. The third kappa shape index (κ3) is 12.1. The summed E-state index contributed by atoms with van der Waals surface area (Å²) in [4.78, 5) is 28.0. The number of alkyl halides is 1. The lowest BCUT2D eigenvalue weighted by atomic mass is 9.92. The van der Waals surface area contributed by atoms with Crippen LogP contribution >= 0.6 is 23.4 Å². The zero-order valence-electron chi connectivity index (χ0n) is 26.8. The fourth-order valence-electron chi connectivity index (χ4n) is 6.37. The van der Waals surface area contributed by atoms with Crippen molar-refractivity contribution in [1.82, 2.24) is 10.2 Å². The molecule has 9 atom stereocenters. The summed E-state index contributed by atoms with van der Waals surface area (Å²) in [6.07, 6.45) is 13.4. The summed E-state index contributed by atoms with van der Waals surface area (Å²) in [6.45, 7) is 6.99. The van der Waals surface area contributed by atoms with Gasteiger partial charge in [0.25, 0.3) is 0 Å². The van der Waals surface area contributed by atoms with E-state index < -0.39 is 47.2 Å². The Bertz CT molecular complexity index is 775. The van der Waals surface area contributed by atoms with Crippen LogP contribution in [0, 0.1) is 5.92 Å². The molecule has 2 aliphatic heterocycles. The minimum atomic E-state index is -1.38. The molecule has 0 aliphatic carbocycles. The van der Waals surface area contributed by atoms with Crippen LogP contribution in [0.5, 0.6) is 0 Å². The standard InChI is InChI=1S/C32H59ClN2O6S/c1-6-8-9-10-11-12-13-14-15-16-17-19-25(36)40-30-28(38)27(37)29(41-32(30)42-5)26(22(3)33)34-31(39)24-20-23(18-7-2)21-35(24)4/h22-24,26-30,32,37-38H,6-21H2,1-5H3,(H,34,39)/t22-,23+,24-,26+,27+,28-,29+,30+,32+/m0/s1. The molecular weight excluding hydrogens is 576 g/mol. The number of carbonyl (C=O) groups is 2. The zero-order chi connectivity index (χ0) is 31.1. The predicted molar refractivity (Wildman–Crippen MR) is 172 cm³/mol. The van der Waals surface area contributed by atoms with Gasteiger partial charge in [-0.05, 0) is 45.4 Å². The topological polar surface area (TPSA) is 108 Å². The molecule has 0 spiro atoms. The van der Waals surface area contributed by atoms with Gasteiger partial charge in [-0.2, -0.15) is 0 Å². The Kier molecular flexibility index (Phi) is 18.3. The highest BCUT2D eigenvalue weighted by atomic mass is 35.5. The maximum Gasteiger partial charge on any atom is 0.306 e. The van der Waals surface area contributed by atoms with Crippen LogP contribution in [-0.4, -0.2) is 94.2 Å². The predicted octanol–water partition coefficient (Wildman–Crippen LogP) is 5.64. The van der Waals surface area contributed by atoms with Crippen LogP contribution in [0.15, 0.2) is 0 Å². The summed E-state index contributed by atoms with van der Waals surface area (Å²) in [5.41, 5.74) is -0.701. The molecule has 0 saturated carbocycles. The van der Waals surface area contributed by atoms with Crippen LogP contribution in [-0.2, 0) is 19.1 Å². The van der Waals surface area contributed by atoms with Gasteiger partial charge in [-0.3, -0.25) is 14.5 Å². The molecule has 2 fully saturated rings. The lowest BCUT2D eigenvalue weighted by Gasteiger charge is -2.45. The molecule has 42 heavy (non-hydrogen) atoms. The Morgan fingerprint density at radius 2 is 1.60 bits per heavy atom. The number of ether oxygens (including phenoxy) is 2. The number of aliphatic hydroxyl groups is 2. The van der Waals surface area contributed by atoms with Gasteiger partial charge >= 0.3 is 5.97 Å². The number of likely N-dealkylation sites (tertiary alicyclic amines) is 1. The highest BCUT2D eigenvalue weighted by Crippen LogP contribution is 2.33. The van der Waals surface area contributed by atoms with E-state index in [0.29, 0.717) is 5.92 Å². The molecule has 0 aromatic rings. The third-order valence-corrected chi connectivity index (χ3v) is 9.97. The molecule has 2 heterocycles. The molecule has 0 aromatic heterocycles. The molecule has 3 N–H and O–H groups in total. The molecule has 0 bridgehead atoms. The molecule has 0 radical (unpaired) electrons. The van der Waals surface area contributed by atoms with E-state index in [1.54, 1.807) is 13.2 Å². The summed E-state index contributed by atoms with van der Waals surface area (Å²) < 4.78 is 11.8. The Morgan fingerprint density at radius 3 is 2.14 bits per heavy atom. The lowest BCUT2D eigenvalue weighted by molar-refractivity contribution is -0.218. The van der Waals surface area contributed by atoms with E-state index in [0.717, 1.165) is 45.1 Å². The summed E-state index contributed by atoms with van der Waals surface area (Å²) >= 11 is 7.81. The molecule has 2 aliphatic rings. The average molecular weight is 635 g/mol. The molecule has 8 nitrogen and oxygen atoms in total. The lowest BCUT2D eigenvalue weighted by Crippen LogP contribution is -2.65. The number of nitrogens with one attached hydrogen (secondary N) is 1. The normalized spacial score (nSPS) is 29.8. The number of hydrogen-bond acceptors (Lipinski definition) is 8. The van der Waals surface area contributed by atoms with E-state index in [1.807, 2.05) is 7.05 Å². The first-order chi connectivity index (χ1) is 20.1. The van der Waals surface area contributed by atoms with Gasteiger partial charge in [-0.1, -0.05) is 84.5 Å². The monoisotopic (exact) mass is 634 g/mol. The summed E-state index contributed by atoms with van der Waals surface area (Å²) in [5, 5.41) is 24.6. The minimum Gasteiger partial charge on any atom is -0.456 e. The van der Waals surface area contributed by atoms with E-state index in [-0.39, 0.29) is 18.4 Å². The highest BCUT2D eigenvalue weighted by molar-refractivity contribution is 7.99. The van der Waals surface area contributed by atoms with Gasteiger partial charge in [0.15, 0.2) is 6.10 Å². The maximum absolute atomic E-state index is 13.3. The number of hydrogen-bond donors (Lipinski definition) is 3. The number of esters is 1. The van der Waals surface area contributed by atoms with Crippen LogP contribution < -0.4 is 5.32 Å². The Morgan fingerprint density at radius 1 is 1.00 bits per heavy atom. The summed E-state index contributed by atoms with van der Waals surface area (Å²) in [7, 11) is 1.95. The van der Waals surface area contributed by atoms with E-state index in [2.05, 4.69) is 24.1 Å². The van der Waals surface area contributed by atoms with Gasteiger partial charge in [0.05, 0.1) is 17.5 Å². The van der Waals surface area contributed by atoms with Crippen molar-refractivity contribution in [2.24, 2.45) is 5.92 Å². The number of likely N-dealkylation sites (N-methyl/N-ethyl adjacent to an activating group) is 1. The van der Waals surface area contributed by atoms with Gasteiger partial charge in [-0.15, -0.1) is 23.4 Å². The maximum atomic E-state index is 13.3. The van der Waals surface area contributed by atoms with Crippen LogP contribution in [0.1, 0.15) is 117 Å². The number of amides is 1. The van der Waals surface area contributed by atoms with Gasteiger partial charge < -0.3 is 25.0 Å². The largest absolute Gasteiger partial charge is 0.456 e. The first-order valence-corrected chi connectivity index (χ1v) is 18.2. The molecule has 0 unspecified atom stereocenters. The van der Waals surface area contributed by atoms with Crippen molar-refractivity contribution in [2.45, 2.75) is 164 Å². The summed E-state index contributed by atoms with van der Waals surface area (Å²) in [6, 6.07) is -1.00. The van der Waals surface area contributed by atoms with Gasteiger partial charge in [0.2, 0.25) is 5.91 Å². The van der Waals surface area contributed by atoms with E-state index in [9.17, 15) is 19.8 Å². The van der Waals surface area contributed by atoms with Crippen molar-refractivity contribution in [3.8, 4) is 0 Å². The average Bonchev–Trinajstić information content (AvgIpc) is 3.33. The van der Waals surface area contributed by atoms with Crippen LogP contribution in [0.3, 0.4) is 0 Å². The van der Waals surface area contributed by atoms with Crippen molar-refractivity contribution in [2.75, 3.05) is 19.8 Å². The molecule has 246 valence electrons. The molecule has 2 rings (SSSR count). The highest BCUT2D eigenvalue weighted by Gasteiger charge is 2.50. The Labute approximate surface area is 264 Å². The van der Waals surface area contributed by atoms with Crippen LogP contribution in [0.4, 0.5) is 0 Å². The van der Waals surface area contributed by atoms with Crippen molar-refractivity contribution >= 4 is 35.2 Å². The van der Waals surface area contributed by atoms with E-state index in [4.69, 9.17) is 21.1 Å². The second-order valence-electron chi connectivity index (χ2n) is 12.5. The SMILES string of the molecule is CCCCCCCCCCCCCC(=O)O[C@@H]1[C@@H](O)[C@@H](O)[C@@H]([C@H](NC(=O)[C@@H]2C[C@@H](CCC)CN2C)[C@H](C)Cl)O[C@@H]1SC. The number of carbonyl (C=O) groups excluding carboxylic acids is 2. The first-order valence-electron chi connectivity index (χ1n) is 16.5. The smallest absolute Gasteiger partial charge is 0.306 e. The Balaban J connectivity index is 1.83. The molecule has 0 aromatic carbocycles. The van der Waals surface area contributed by atoms with Gasteiger partial charge in [-0.25, -0.2) is 0 Å². The van der Waals surface area contributed by atoms with Crippen molar-refractivity contribution < 1.29 is 29.3 Å². The molecule has 2 saturated heterocycles. The quantitative estimate of drug-likeness (QED) is 0.0897. The zero-order valence-corrected chi connectivity index (χ0v) is 28.3.